The predicted octanol–water partition coefficient (Wildman–Crippen LogP) is 18.5. The molecule has 0 aliphatic rings. The zero-order chi connectivity index (χ0) is 49.3. The van der Waals surface area contributed by atoms with E-state index in [1.807, 2.05) is 0 Å². The largest absolute Gasteiger partial charge is 0.462 e. The molecule has 0 amide bonds. The third-order valence-corrected chi connectivity index (χ3v) is 11.2. The summed E-state index contributed by atoms with van der Waals surface area (Å²) >= 11 is 0. The van der Waals surface area contributed by atoms with E-state index in [1.165, 1.54) is 57.8 Å². The van der Waals surface area contributed by atoms with Crippen LogP contribution < -0.4 is 0 Å². The van der Waals surface area contributed by atoms with E-state index in [2.05, 4.69) is 142 Å². The number of unbranched alkanes of at least 4 members (excludes halogenated alkanes) is 17. The molecule has 1 unspecified atom stereocenters. The highest BCUT2D eigenvalue weighted by atomic mass is 16.6. The van der Waals surface area contributed by atoms with Gasteiger partial charge in [-0.05, 0) is 122 Å². The molecule has 0 saturated carbocycles. The normalized spacial score (nSPS) is 13.0. The molecule has 68 heavy (non-hydrogen) atoms. The Morgan fingerprint density at radius 1 is 0.309 bits per heavy atom. The van der Waals surface area contributed by atoms with Crippen LogP contribution in [0.3, 0.4) is 0 Å². The summed E-state index contributed by atoms with van der Waals surface area (Å²) in [7, 11) is 0. The lowest BCUT2D eigenvalue weighted by molar-refractivity contribution is -0.167. The topological polar surface area (TPSA) is 78.9 Å². The number of esters is 3. The first-order valence-electron chi connectivity index (χ1n) is 27.5. The first-order chi connectivity index (χ1) is 33.5. The molecule has 0 aromatic carbocycles. The van der Waals surface area contributed by atoms with E-state index in [1.54, 1.807) is 0 Å². The maximum absolute atomic E-state index is 12.8. The summed E-state index contributed by atoms with van der Waals surface area (Å²) in [5.41, 5.74) is 0. The molecule has 6 nitrogen and oxygen atoms in total. The Morgan fingerprint density at radius 3 is 1.01 bits per heavy atom. The van der Waals surface area contributed by atoms with Crippen molar-refractivity contribution in [1.29, 1.82) is 0 Å². The van der Waals surface area contributed by atoms with Gasteiger partial charge in [-0.2, -0.15) is 0 Å². The molecule has 0 aliphatic carbocycles. The number of hydrogen-bond acceptors (Lipinski definition) is 6. The van der Waals surface area contributed by atoms with Crippen molar-refractivity contribution >= 4 is 17.9 Å². The van der Waals surface area contributed by atoms with Crippen LogP contribution >= 0.6 is 0 Å². The maximum Gasteiger partial charge on any atom is 0.306 e. The summed E-state index contributed by atoms with van der Waals surface area (Å²) in [4.78, 5) is 38.0. The fourth-order valence-electron chi connectivity index (χ4n) is 7.03. The van der Waals surface area contributed by atoms with Crippen LogP contribution in [0.1, 0.15) is 233 Å². The summed E-state index contributed by atoms with van der Waals surface area (Å²) < 4.78 is 16.8. The van der Waals surface area contributed by atoms with Gasteiger partial charge in [0.2, 0.25) is 0 Å². The van der Waals surface area contributed by atoms with Crippen molar-refractivity contribution in [3.63, 3.8) is 0 Å². The molecule has 0 N–H and O–H groups in total. The van der Waals surface area contributed by atoms with E-state index in [0.29, 0.717) is 19.3 Å². The number of allylic oxidation sites excluding steroid dienone is 20. The highest BCUT2D eigenvalue weighted by Gasteiger charge is 2.19. The van der Waals surface area contributed by atoms with Crippen LogP contribution in [0.25, 0.3) is 0 Å². The van der Waals surface area contributed by atoms with Gasteiger partial charge in [-0.25, -0.2) is 0 Å². The van der Waals surface area contributed by atoms with E-state index in [-0.39, 0.29) is 37.5 Å². The number of hydrogen-bond donors (Lipinski definition) is 0. The van der Waals surface area contributed by atoms with Gasteiger partial charge < -0.3 is 14.2 Å². The van der Waals surface area contributed by atoms with Crippen LogP contribution in [-0.2, 0) is 28.6 Å². The van der Waals surface area contributed by atoms with Gasteiger partial charge in [0, 0.05) is 19.3 Å². The van der Waals surface area contributed by atoms with Crippen LogP contribution in [0.5, 0.6) is 0 Å². The fourth-order valence-corrected chi connectivity index (χ4v) is 7.03. The summed E-state index contributed by atoms with van der Waals surface area (Å²) in [5, 5.41) is 0. The molecule has 0 radical (unpaired) electrons. The van der Waals surface area contributed by atoms with E-state index < -0.39 is 6.10 Å². The van der Waals surface area contributed by atoms with Crippen LogP contribution in [0, 0.1) is 0 Å². The Balaban J connectivity index is 4.50. The standard InChI is InChI=1S/C62H100O6/c1-4-7-10-13-16-19-22-25-27-28-29-30-31-32-33-34-35-38-40-43-46-49-52-55-61(64)67-58-59(57-66-60(63)54-51-48-45-42-39-36-24-21-18-15-12-9-6-3)68-62(65)56-53-50-47-44-41-37-26-23-20-17-14-11-8-5-2/h7,10,14,16-17,19,21,23-27,29-30,32-33,35,38,43,46,59H,4-6,8-9,11-13,15,18,20,22,28,31,34,36-37,39-42,44-45,47-58H2,1-3H3/b10-7-,17-14-,19-16-,24-21-,26-23-,27-25-,30-29-,33-32-,38-35-,46-43-. The predicted molar refractivity (Wildman–Crippen MR) is 293 cm³/mol. The number of carbonyl (C=O) groups excluding carboxylic acids is 3. The highest BCUT2D eigenvalue weighted by Crippen LogP contribution is 2.13. The minimum absolute atomic E-state index is 0.109. The lowest BCUT2D eigenvalue weighted by Gasteiger charge is -2.18. The van der Waals surface area contributed by atoms with E-state index in [9.17, 15) is 14.4 Å². The number of carbonyl (C=O) groups is 3. The molecule has 0 aliphatic heterocycles. The van der Waals surface area contributed by atoms with E-state index in [0.717, 1.165) is 128 Å². The second-order valence-corrected chi connectivity index (χ2v) is 17.7. The lowest BCUT2D eigenvalue weighted by atomic mass is 10.1. The first-order valence-corrected chi connectivity index (χ1v) is 27.5. The van der Waals surface area contributed by atoms with Crippen molar-refractivity contribution in [1.82, 2.24) is 0 Å². The molecule has 1 atom stereocenters. The average Bonchev–Trinajstić information content (AvgIpc) is 3.34. The van der Waals surface area contributed by atoms with Crippen molar-refractivity contribution in [3.05, 3.63) is 122 Å². The number of ether oxygens (including phenoxy) is 3. The molecule has 0 saturated heterocycles. The fraction of sp³-hybridized carbons (Fsp3) is 0.629. The maximum atomic E-state index is 12.8. The van der Waals surface area contributed by atoms with Gasteiger partial charge in [-0.15, -0.1) is 0 Å². The van der Waals surface area contributed by atoms with Crippen LogP contribution in [-0.4, -0.2) is 37.2 Å². The van der Waals surface area contributed by atoms with Crippen LogP contribution in [0.15, 0.2) is 122 Å². The molecule has 0 rings (SSSR count). The van der Waals surface area contributed by atoms with Crippen molar-refractivity contribution < 1.29 is 28.6 Å². The second-order valence-electron chi connectivity index (χ2n) is 17.7. The third kappa shape index (κ3) is 52.8. The monoisotopic (exact) mass is 941 g/mol. The molecule has 0 fully saturated rings. The van der Waals surface area contributed by atoms with E-state index >= 15 is 0 Å². The minimum Gasteiger partial charge on any atom is -0.462 e. The summed E-state index contributed by atoms with van der Waals surface area (Å²) in [6.45, 7) is 6.39. The summed E-state index contributed by atoms with van der Waals surface area (Å²) in [6, 6.07) is 0. The van der Waals surface area contributed by atoms with E-state index in [4.69, 9.17) is 14.2 Å². The molecule has 384 valence electrons. The Labute approximate surface area is 418 Å². The Kier molecular flexibility index (Phi) is 52.0. The minimum atomic E-state index is -0.815. The molecule has 0 aromatic rings. The third-order valence-electron chi connectivity index (χ3n) is 11.2. The molecular formula is C62H100O6. The zero-order valence-corrected chi connectivity index (χ0v) is 43.8. The molecular weight excluding hydrogens is 841 g/mol. The molecule has 6 heteroatoms. The van der Waals surface area contributed by atoms with Gasteiger partial charge in [-0.3, -0.25) is 14.4 Å². The van der Waals surface area contributed by atoms with Crippen molar-refractivity contribution in [3.8, 4) is 0 Å². The van der Waals surface area contributed by atoms with Gasteiger partial charge in [0.15, 0.2) is 6.10 Å². The zero-order valence-electron chi connectivity index (χ0n) is 43.8. The Bertz CT molecular complexity index is 1450. The van der Waals surface area contributed by atoms with Crippen LogP contribution in [0.2, 0.25) is 0 Å². The average molecular weight is 941 g/mol. The number of rotatable bonds is 48. The highest BCUT2D eigenvalue weighted by molar-refractivity contribution is 5.71. The summed E-state index contributed by atoms with van der Waals surface area (Å²) in [6.07, 6.45) is 76.2. The molecule has 0 bridgehead atoms. The van der Waals surface area contributed by atoms with Gasteiger partial charge in [0.05, 0.1) is 0 Å². The lowest BCUT2D eigenvalue weighted by Crippen LogP contribution is -2.30. The Morgan fingerprint density at radius 2 is 0.603 bits per heavy atom. The quantitative estimate of drug-likeness (QED) is 0.0262. The molecule has 0 heterocycles. The van der Waals surface area contributed by atoms with Gasteiger partial charge in [0.25, 0.3) is 0 Å². The molecule has 0 aromatic heterocycles. The van der Waals surface area contributed by atoms with Gasteiger partial charge in [-0.1, -0.05) is 213 Å². The van der Waals surface area contributed by atoms with Crippen LogP contribution in [0.4, 0.5) is 0 Å². The van der Waals surface area contributed by atoms with Crippen molar-refractivity contribution in [2.75, 3.05) is 13.2 Å². The van der Waals surface area contributed by atoms with Gasteiger partial charge in [0.1, 0.15) is 13.2 Å². The second kappa shape index (κ2) is 55.4. The van der Waals surface area contributed by atoms with Crippen molar-refractivity contribution in [2.24, 2.45) is 0 Å². The SMILES string of the molecule is CC/C=C\C/C=C\C/C=C\C/C=C\C/C=C\C/C=C\C/C=C\CCCC(=O)OCC(COC(=O)CCCCCCC/C=C\CCCCCC)OC(=O)CCCCCCC/C=C\C/C=C\CCCC. The van der Waals surface area contributed by atoms with Gasteiger partial charge >= 0.3 is 17.9 Å². The Hall–Kier alpha value is -4.19. The smallest absolute Gasteiger partial charge is 0.306 e. The summed E-state index contributed by atoms with van der Waals surface area (Å²) in [5.74, 6) is -0.999. The molecule has 0 spiro atoms. The first kappa shape index (κ1) is 63.8. The van der Waals surface area contributed by atoms with Crippen molar-refractivity contribution in [2.45, 2.75) is 239 Å².